The molecule has 0 bridgehead atoms. The largest absolute Gasteiger partial charge is 0.384 e. The third kappa shape index (κ3) is 4.51. The van der Waals surface area contributed by atoms with Crippen LogP contribution in [0, 0.1) is 0 Å². The number of rotatable bonds is 7. The number of hydrogen-bond acceptors (Lipinski definition) is 5. The van der Waals surface area contributed by atoms with Gasteiger partial charge in [-0.3, -0.25) is 14.5 Å². The number of anilines is 2. The second-order valence-corrected chi connectivity index (χ2v) is 3.89. The van der Waals surface area contributed by atoms with Crippen LogP contribution in [0.5, 0.6) is 0 Å². The molecule has 1 amide bonds. The highest BCUT2D eigenvalue weighted by Gasteiger charge is 2.12. The van der Waals surface area contributed by atoms with Crippen molar-refractivity contribution in [2.45, 2.75) is 13.3 Å². The molecule has 6 heteroatoms. The zero-order valence-electron chi connectivity index (χ0n) is 11.7. The fourth-order valence-corrected chi connectivity index (χ4v) is 1.71. The van der Waals surface area contributed by atoms with Crippen molar-refractivity contribution < 1.29 is 19.2 Å². The zero-order chi connectivity index (χ0) is 14.3. The topological polar surface area (TPSA) is 60.0 Å². The standard InChI is InChI=1S/C13H20N2O4/c1-10(16)14-12-6-5-11(7-8-17-2)13(9-12)15(18-3)19-4/h5-6,9H,7-8H2,1-4H3,(H,14,16). The van der Waals surface area contributed by atoms with Crippen molar-refractivity contribution in [1.29, 1.82) is 0 Å². The quantitative estimate of drug-likeness (QED) is 0.764. The maximum absolute atomic E-state index is 11.1. The van der Waals surface area contributed by atoms with E-state index >= 15 is 0 Å². The summed E-state index contributed by atoms with van der Waals surface area (Å²) >= 11 is 0. The Hall–Kier alpha value is -1.63. The van der Waals surface area contributed by atoms with Gasteiger partial charge < -0.3 is 10.1 Å². The molecule has 1 aromatic carbocycles. The number of methoxy groups -OCH3 is 1. The van der Waals surface area contributed by atoms with E-state index in [1.54, 1.807) is 13.2 Å². The summed E-state index contributed by atoms with van der Waals surface area (Å²) in [6.45, 7) is 2.05. The molecule has 1 aromatic rings. The van der Waals surface area contributed by atoms with Crippen LogP contribution in [0.3, 0.4) is 0 Å². The third-order valence-corrected chi connectivity index (χ3v) is 2.51. The van der Waals surface area contributed by atoms with E-state index < -0.39 is 0 Å². The first kappa shape index (κ1) is 15.4. The highest BCUT2D eigenvalue weighted by atomic mass is 16.9. The number of amides is 1. The van der Waals surface area contributed by atoms with Crippen LogP contribution in [0.15, 0.2) is 18.2 Å². The lowest BCUT2D eigenvalue weighted by molar-refractivity contribution is -0.114. The number of nitrogens with zero attached hydrogens (tertiary/aromatic N) is 1. The molecule has 1 rings (SSSR count). The van der Waals surface area contributed by atoms with Gasteiger partial charge in [0, 0.05) is 19.7 Å². The summed E-state index contributed by atoms with van der Waals surface area (Å²) < 4.78 is 5.07. The summed E-state index contributed by atoms with van der Waals surface area (Å²) in [6, 6.07) is 5.53. The average Bonchev–Trinajstić information content (AvgIpc) is 2.38. The molecule has 0 spiro atoms. The van der Waals surface area contributed by atoms with E-state index in [-0.39, 0.29) is 5.91 Å². The number of carbonyl (C=O) groups is 1. The van der Waals surface area contributed by atoms with Gasteiger partial charge in [0.25, 0.3) is 0 Å². The highest BCUT2D eigenvalue weighted by Crippen LogP contribution is 2.26. The third-order valence-electron chi connectivity index (χ3n) is 2.51. The number of nitrogens with one attached hydrogen (secondary N) is 1. The Morgan fingerprint density at radius 3 is 2.47 bits per heavy atom. The number of carbonyl (C=O) groups excluding carboxylic acids is 1. The van der Waals surface area contributed by atoms with E-state index in [2.05, 4.69) is 5.32 Å². The summed E-state index contributed by atoms with van der Waals surface area (Å²) in [4.78, 5) is 21.3. The summed E-state index contributed by atoms with van der Waals surface area (Å²) in [5.41, 5.74) is 2.41. The van der Waals surface area contributed by atoms with E-state index in [1.807, 2.05) is 12.1 Å². The molecule has 6 nitrogen and oxygen atoms in total. The Morgan fingerprint density at radius 1 is 1.26 bits per heavy atom. The van der Waals surface area contributed by atoms with Crippen LogP contribution in [-0.4, -0.2) is 33.8 Å². The van der Waals surface area contributed by atoms with Crippen LogP contribution >= 0.6 is 0 Å². The van der Waals surface area contributed by atoms with Crippen LogP contribution < -0.4 is 10.5 Å². The van der Waals surface area contributed by atoms with Crippen molar-refractivity contribution >= 4 is 17.3 Å². The summed E-state index contributed by atoms with van der Waals surface area (Å²) in [6.07, 6.45) is 0.718. The number of hydrogen-bond donors (Lipinski definition) is 1. The van der Waals surface area contributed by atoms with Gasteiger partial charge in [0.05, 0.1) is 20.8 Å². The fraction of sp³-hybridized carbons (Fsp3) is 0.462. The predicted octanol–water partition coefficient (Wildman–Crippen LogP) is 1.76. The molecule has 0 aliphatic rings. The lowest BCUT2D eigenvalue weighted by atomic mass is 10.1. The molecule has 0 saturated carbocycles. The minimum atomic E-state index is -0.128. The van der Waals surface area contributed by atoms with E-state index in [0.29, 0.717) is 12.3 Å². The smallest absolute Gasteiger partial charge is 0.221 e. The van der Waals surface area contributed by atoms with Gasteiger partial charge in [-0.1, -0.05) is 6.07 Å². The van der Waals surface area contributed by atoms with E-state index in [1.165, 1.54) is 26.4 Å². The zero-order valence-corrected chi connectivity index (χ0v) is 11.7. The lowest BCUT2D eigenvalue weighted by Crippen LogP contribution is -2.22. The Kier molecular flexibility index (Phi) is 6.27. The Bertz CT molecular complexity index is 419. The molecule has 0 aromatic heterocycles. The Labute approximate surface area is 113 Å². The minimum Gasteiger partial charge on any atom is -0.384 e. The molecule has 0 atom stereocenters. The molecule has 0 fully saturated rings. The molecule has 0 radical (unpaired) electrons. The Morgan fingerprint density at radius 2 is 1.95 bits per heavy atom. The first-order chi connectivity index (χ1) is 9.12. The monoisotopic (exact) mass is 268 g/mol. The van der Waals surface area contributed by atoms with Gasteiger partial charge in [0.15, 0.2) is 0 Å². The van der Waals surface area contributed by atoms with Crippen molar-refractivity contribution in [3.8, 4) is 0 Å². The van der Waals surface area contributed by atoms with Gasteiger partial charge in [0.2, 0.25) is 5.91 Å². The van der Waals surface area contributed by atoms with Crippen LogP contribution in [0.4, 0.5) is 11.4 Å². The average molecular weight is 268 g/mol. The molecular formula is C13H20N2O4. The maximum atomic E-state index is 11.1. The first-order valence-electron chi connectivity index (χ1n) is 5.90. The molecule has 0 aliphatic carbocycles. The van der Waals surface area contributed by atoms with Gasteiger partial charge >= 0.3 is 0 Å². The van der Waals surface area contributed by atoms with Crippen molar-refractivity contribution in [2.75, 3.05) is 38.5 Å². The van der Waals surface area contributed by atoms with Gasteiger partial charge in [0.1, 0.15) is 5.69 Å². The number of benzene rings is 1. The second kappa shape index (κ2) is 7.73. The molecule has 0 aliphatic heterocycles. The van der Waals surface area contributed by atoms with Crippen LogP contribution in [0.1, 0.15) is 12.5 Å². The van der Waals surface area contributed by atoms with Crippen LogP contribution in [0.25, 0.3) is 0 Å². The normalized spacial score (nSPS) is 10.3. The van der Waals surface area contributed by atoms with Crippen molar-refractivity contribution in [3.05, 3.63) is 23.8 Å². The van der Waals surface area contributed by atoms with Crippen molar-refractivity contribution in [2.24, 2.45) is 0 Å². The van der Waals surface area contributed by atoms with E-state index in [4.69, 9.17) is 14.4 Å². The predicted molar refractivity (Wildman–Crippen MR) is 72.8 cm³/mol. The maximum Gasteiger partial charge on any atom is 0.221 e. The highest BCUT2D eigenvalue weighted by molar-refractivity contribution is 5.89. The fourth-order valence-electron chi connectivity index (χ4n) is 1.71. The van der Waals surface area contributed by atoms with Gasteiger partial charge in [-0.25, -0.2) is 0 Å². The van der Waals surface area contributed by atoms with Gasteiger partial charge in [-0.2, -0.15) is 0 Å². The molecule has 0 heterocycles. The van der Waals surface area contributed by atoms with Gasteiger partial charge in [-0.05, 0) is 24.1 Å². The van der Waals surface area contributed by atoms with Crippen molar-refractivity contribution in [1.82, 2.24) is 0 Å². The summed E-state index contributed by atoms with van der Waals surface area (Å²) in [7, 11) is 4.67. The van der Waals surface area contributed by atoms with E-state index in [0.717, 1.165) is 17.7 Å². The number of ether oxygens (including phenoxy) is 1. The summed E-state index contributed by atoms with van der Waals surface area (Å²) in [5.74, 6) is -0.128. The first-order valence-corrected chi connectivity index (χ1v) is 5.90. The second-order valence-electron chi connectivity index (χ2n) is 3.89. The minimum absolute atomic E-state index is 0.128. The molecule has 0 unspecified atom stereocenters. The molecule has 0 saturated heterocycles. The van der Waals surface area contributed by atoms with Crippen LogP contribution in [-0.2, 0) is 25.6 Å². The van der Waals surface area contributed by atoms with E-state index in [9.17, 15) is 4.79 Å². The van der Waals surface area contributed by atoms with Crippen molar-refractivity contribution in [3.63, 3.8) is 0 Å². The molecule has 1 N–H and O–H groups in total. The summed E-state index contributed by atoms with van der Waals surface area (Å²) in [5, 5.41) is 4.01. The Balaban J connectivity index is 3.05. The van der Waals surface area contributed by atoms with Crippen LogP contribution in [0.2, 0.25) is 0 Å². The molecular weight excluding hydrogens is 248 g/mol. The van der Waals surface area contributed by atoms with Gasteiger partial charge in [-0.15, -0.1) is 5.23 Å². The lowest BCUT2D eigenvalue weighted by Gasteiger charge is -2.22. The molecule has 106 valence electrons. The SMILES string of the molecule is COCCc1ccc(NC(C)=O)cc1N(OC)OC. The molecule has 19 heavy (non-hydrogen) atoms.